The summed E-state index contributed by atoms with van der Waals surface area (Å²) < 4.78 is 16.9. The van der Waals surface area contributed by atoms with E-state index in [0.29, 0.717) is 36.1 Å². The lowest BCUT2D eigenvalue weighted by Crippen LogP contribution is -2.30. The van der Waals surface area contributed by atoms with Gasteiger partial charge in [0.25, 0.3) is 5.91 Å². The molecule has 1 aliphatic heterocycles. The Labute approximate surface area is 154 Å². The van der Waals surface area contributed by atoms with Crippen LogP contribution in [0.4, 0.5) is 5.69 Å². The molecule has 5 nitrogen and oxygen atoms in total. The number of nitrogens with one attached hydrogen (secondary N) is 1. The lowest BCUT2D eigenvalue weighted by molar-refractivity contribution is -0.122. The van der Waals surface area contributed by atoms with Crippen molar-refractivity contribution in [3.8, 4) is 17.2 Å². The van der Waals surface area contributed by atoms with Gasteiger partial charge in [-0.2, -0.15) is 0 Å². The van der Waals surface area contributed by atoms with Gasteiger partial charge in [-0.3, -0.25) is 4.79 Å². The average Bonchev–Trinajstić information content (AvgIpc) is 2.61. The Bertz CT molecular complexity index is 795. The molecule has 0 saturated carbocycles. The Morgan fingerprint density at radius 1 is 1.08 bits per heavy atom. The first kappa shape index (κ1) is 18.1. The number of hydrogen-bond donors (Lipinski definition) is 1. The predicted molar refractivity (Wildman–Crippen MR) is 101 cm³/mol. The lowest BCUT2D eigenvalue weighted by Gasteiger charge is -2.21. The van der Waals surface area contributed by atoms with Gasteiger partial charge in [0.1, 0.15) is 19.0 Å². The first-order valence-electron chi connectivity index (χ1n) is 8.80. The summed E-state index contributed by atoms with van der Waals surface area (Å²) in [5, 5.41) is 2.86. The highest BCUT2D eigenvalue weighted by atomic mass is 16.6. The number of fused-ring (bicyclic) bond motifs is 1. The van der Waals surface area contributed by atoms with Crippen molar-refractivity contribution in [3.05, 3.63) is 48.0 Å². The molecule has 26 heavy (non-hydrogen) atoms. The van der Waals surface area contributed by atoms with Crippen molar-refractivity contribution < 1.29 is 19.0 Å². The van der Waals surface area contributed by atoms with E-state index in [1.807, 2.05) is 18.2 Å². The van der Waals surface area contributed by atoms with Gasteiger partial charge in [0.2, 0.25) is 0 Å². The third-order valence-electron chi connectivity index (χ3n) is 4.19. The van der Waals surface area contributed by atoms with Gasteiger partial charge in [0.05, 0.1) is 0 Å². The monoisotopic (exact) mass is 355 g/mol. The number of amides is 1. The highest BCUT2D eigenvalue weighted by Crippen LogP contribution is 2.32. The molecule has 1 unspecified atom stereocenters. The van der Waals surface area contributed by atoms with Crippen LogP contribution in [0.25, 0.3) is 0 Å². The maximum absolute atomic E-state index is 12.5. The SMILES string of the molecule is CC(Oc1cccc(C(C)(C)C)c1)C(=O)Nc1ccc2c(c1)OCCO2. The molecule has 0 aromatic heterocycles. The van der Waals surface area contributed by atoms with E-state index in [0.717, 1.165) is 5.56 Å². The van der Waals surface area contributed by atoms with Crippen molar-refractivity contribution in [2.75, 3.05) is 18.5 Å². The Morgan fingerprint density at radius 3 is 2.54 bits per heavy atom. The van der Waals surface area contributed by atoms with Crippen LogP contribution in [0.15, 0.2) is 42.5 Å². The van der Waals surface area contributed by atoms with Crippen molar-refractivity contribution >= 4 is 11.6 Å². The molecule has 0 bridgehead atoms. The molecule has 0 spiro atoms. The predicted octanol–water partition coefficient (Wildman–Crippen LogP) is 4.16. The van der Waals surface area contributed by atoms with Crippen molar-refractivity contribution in [1.29, 1.82) is 0 Å². The average molecular weight is 355 g/mol. The zero-order valence-electron chi connectivity index (χ0n) is 15.7. The van der Waals surface area contributed by atoms with E-state index >= 15 is 0 Å². The van der Waals surface area contributed by atoms with Crippen LogP contribution >= 0.6 is 0 Å². The third-order valence-corrected chi connectivity index (χ3v) is 4.19. The summed E-state index contributed by atoms with van der Waals surface area (Å²) in [5.41, 5.74) is 1.84. The molecule has 1 aliphatic rings. The van der Waals surface area contributed by atoms with Crippen LogP contribution in [0.5, 0.6) is 17.2 Å². The highest BCUT2D eigenvalue weighted by Gasteiger charge is 2.19. The van der Waals surface area contributed by atoms with E-state index < -0.39 is 6.10 Å². The van der Waals surface area contributed by atoms with Crippen molar-refractivity contribution in [3.63, 3.8) is 0 Å². The van der Waals surface area contributed by atoms with Crippen molar-refractivity contribution in [2.45, 2.75) is 39.2 Å². The lowest BCUT2D eigenvalue weighted by atomic mass is 9.87. The molecule has 1 atom stereocenters. The normalized spacial score (nSPS) is 14.5. The van der Waals surface area contributed by atoms with Gasteiger partial charge in [-0.05, 0) is 42.2 Å². The third kappa shape index (κ3) is 4.28. The van der Waals surface area contributed by atoms with Crippen LogP contribution in [-0.4, -0.2) is 25.2 Å². The maximum Gasteiger partial charge on any atom is 0.265 e. The van der Waals surface area contributed by atoms with Gasteiger partial charge < -0.3 is 19.5 Å². The fraction of sp³-hybridized carbons (Fsp3) is 0.381. The molecule has 138 valence electrons. The first-order chi connectivity index (χ1) is 12.3. The summed E-state index contributed by atoms with van der Waals surface area (Å²) in [6.07, 6.45) is -0.626. The summed E-state index contributed by atoms with van der Waals surface area (Å²) >= 11 is 0. The number of ether oxygens (including phenoxy) is 3. The quantitative estimate of drug-likeness (QED) is 0.895. The zero-order valence-corrected chi connectivity index (χ0v) is 15.7. The fourth-order valence-electron chi connectivity index (χ4n) is 2.66. The summed E-state index contributed by atoms with van der Waals surface area (Å²) in [6, 6.07) is 13.2. The fourth-order valence-corrected chi connectivity index (χ4v) is 2.66. The van der Waals surface area contributed by atoms with Crippen LogP contribution in [-0.2, 0) is 10.2 Å². The van der Waals surface area contributed by atoms with Crippen LogP contribution in [0.2, 0.25) is 0 Å². The maximum atomic E-state index is 12.5. The van der Waals surface area contributed by atoms with Gasteiger partial charge in [0, 0.05) is 11.8 Å². The second-order valence-electron chi connectivity index (χ2n) is 7.39. The smallest absolute Gasteiger partial charge is 0.265 e. The van der Waals surface area contributed by atoms with E-state index in [-0.39, 0.29) is 11.3 Å². The zero-order chi connectivity index (χ0) is 18.7. The molecule has 1 heterocycles. The minimum atomic E-state index is -0.626. The summed E-state index contributed by atoms with van der Waals surface area (Å²) in [5.74, 6) is 1.79. The Hall–Kier alpha value is -2.69. The number of anilines is 1. The van der Waals surface area contributed by atoms with E-state index in [4.69, 9.17) is 14.2 Å². The van der Waals surface area contributed by atoms with Crippen LogP contribution in [0.1, 0.15) is 33.3 Å². The summed E-state index contributed by atoms with van der Waals surface area (Å²) in [6.45, 7) is 9.21. The van der Waals surface area contributed by atoms with E-state index in [1.165, 1.54) is 0 Å². The molecule has 1 amide bonds. The molecule has 0 saturated heterocycles. The summed E-state index contributed by atoms with van der Waals surface area (Å²) in [4.78, 5) is 12.5. The molecule has 0 aliphatic carbocycles. The molecule has 2 aromatic rings. The Kier molecular flexibility index (Phi) is 5.07. The van der Waals surface area contributed by atoms with E-state index in [1.54, 1.807) is 25.1 Å². The molecule has 5 heteroatoms. The Morgan fingerprint density at radius 2 is 1.81 bits per heavy atom. The van der Waals surface area contributed by atoms with Crippen molar-refractivity contribution in [2.24, 2.45) is 0 Å². The van der Waals surface area contributed by atoms with E-state index in [9.17, 15) is 4.79 Å². The van der Waals surface area contributed by atoms with Crippen LogP contribution in [0, 0.1) is 0 Å². The number of hydrogen-bond acceptors (Lipinski definition) is 4. The van der Waals surface area contributed by atoms with Gasteiger partial charge >= 0.3 is 0 Å². The minimum absolute atomic E-state index is 0.0239. The topological polar surface area (TPSA) is 56.8 Å². The largest absolute Gasteiger partial charge is 0.486 e. The van der Waals surface area contributed by atoms with Gasteiger partial charge in [0.15, 0.2) is 17.6 Å². The number of carbonyl (C=O) groups excluding carboxylic acids is 1. The molecule has 2 aromatic carbocycles. The molecule has 0 radical (unpaired) electrons. The first-order valence-corrected chi connectivity index (χ1v) is 8.80. The second-order valence-corrected chi connectivity index (χ2v) is 7.39. The molecular formula is C21H25NO4. The number of benzene rings is 2. The molecule has 0 fully saturated rings. The van der Waals surface area contributed by atoms with Crippen LogP contribution < -0.4 is 19.5 Å². The number of rotatable bonds is 4. The number of carbonyl (C=O) groups is 1. The van der Waals surface area contributed by atoms with Crippen LogP contribution in [0.3, 0.4) is 0 Å². The molecular weight excluding hydrogens is 330 g/mol. The summed E-state index contributed by atoms with van der Waals surface area (Å²) in [7, 11) is 0. The van der Waals surface area contributed by atoms with Gasteiger partial charge in [-0.15, -0.1) is 0 Å². The van der Waals surface area contributed by atoms with E-state index in [2.05, 4.69) is 32.2 Å². The second kappa shape index (κ2) is 7.28. The van der Waals surface area contributed by atoms with Crippen molar-refractivity contribution in [1.82, 2.24) is 0 Å². The molecule has 1 N–H and O–H groups in total. The minimum Gasteiger partial charge on any atom is -0.486 e. The van der Waals surface area contributed by atoms with Gasteiger partial charge in [-0.25, -0.2) is 0 Å². The van der Waals surface area contributed by atoms with Gasteiger partial charge in [-0.1, -0.05) is 32.9 Å². The highest BCUT2D eigenvalue weighted by molar-refractivity contribution is 5.94. The molecule has 3 rings (SSSR count). The Balaban J connectivity index is 1.65. The standard InChI is InChI=1S/C21H25NO4/c1-14(26-17-7-5-6-15(12-17)21(2,3)4)20(23)22-16-8-9-18-19(13-16)25-11-10-24-18/h5-9,12-14H,10-11H2,1-4H3,(H,22,23).